The zero-order valence-electron chi connectivity index (χ0n) is 22.7. The lowest BCUT2D eigenvalue weighted by atomic mass is 9.96. The maximum Gasteiger partial charge on any atom is 0.416 e. The molecule has 1 aromatic heterocycles. The number of rotatable bonds is 8. The largest absolute Gasteiger partial charge is 0.488 e. The summed E-state index contributed by atoms with van der Waals surface area (Å²) in [7, 11) is 0. The van der Waals surface area contributed by atoms with E-state index >= 15 is 0 Å². The lowest BCUT2D eigenvalue weighted by Crippen LogP contribution is -2.13. The third-order valence-electron chi connectivity index (χ3n) is 7.07. The van der Waals surface area contributed by atoms with Gasteiger partial charge in [0.05, 0.1) is 11.1 Å². The molecule has 9 heteroatoms. The molecule has 0 radical (unpaired) electrons. The number of nitrogens with one attached hydrogen (secondary N) is 2. The molecule has 0 atom stereocenters. The molecule has 1 aliphatic carbocycles. The second-order valence-corrected chi connectivity index (χ2v) is 10.4. The SMILES string of the molecule is Cc1ccc(C(=O)Nc2cccc(C(F)(F)F)c2)cc1-c1cc2cnc(NC3CC3)nc2cc1OCc1ccccc1. The first-order valence-electron chi connectivity index (χ1n) is 13.6. The third kappa shape index (κ3) is 6.20. The fourth-order valence-electron chi connectivity index (χ4n) is 4.63. The molecule has 2 N–H and O–H groups in total. The Morgan fingerprint density at radius 2 is 1.76 bits per heavy atom. The normalized spacial score (nSPS) is 13.1. The molecule has 1 saturated carbocycles. The number of fused-ring (bicyclic) bond motifs is 1. The maximum atomic E-state index is 13.2. The van der Waals surface area contributed by atoms with Crippen LogP contribution in [0.1, 0.15) is 39.9 Å². The number of halogens is 3. The van der Waals surface area contributed by atoms with E-state index in [2.05, 4.69) is 15.6 Å². The molecule has 1 heterocycles. The Morgan fingerprint density at radius 1 is 0.952 bits per heavy atom. The summed E-state index contributed by atoms with van der Waals surface area (Å²) in [6.45, 7) is 2.25. The Bertz CT molecular complexity index is 1770. The van der Waals surface area contributed by atoms with Gasteiger partial charge in [0.2, 0.25) is 5.95 Å². The second kappa shape index (κ2) is 11.2. The van der Waals surface area contributed by atoms with E-state index in [1.165, 1.54) is 12.1 Å². The molecule has 6 rings (SSSR count). The lowest BCUT2D eigenvalue weighted by Gasteiger charge is -2.16. The lowest BCUT2D eigenvalue weighted by molar-refractivity contribution is -0.137. The predicted molar refractivity (Wildman–Crippen MR) is 157 cm³/mol. The first kappa shape index (κ1) is 27.3. The molecule has 1 amide bonds. The monoisotopic (exact) mass is 568 g/mol. The predicted octanol–water partition coefficient (Wildman–Crippen LogP) is 8.03. The Balaban J connectivity index is 1.36. The van der Waals surface area contributed by atoms with Crippen molar-refractivity contribution >= 4 is 28.4 Å². The van der Waals surface area contributed by atoms with Crippen LogP contribution in [0.4, 0.5) is 24.8 Å². The summed E-state index contributed by atoms with van der Waals surface area (Å²) in [6, 6.07) is 23.7. The summed E-state index contributed by atoms with van der Waals surface area (Å²) in [4.78, 5) is 22.3. The molecule has 1 fully saturated rings. The molecule has 5 aromatic rings. The number of carbonyl (C=O) groups is 1. The number of hydrogen-bond donors (Lipinski definition) is 2. The van der Waals surface area contributed by atoms with Crippen LogP contribution in [0, 0.1) is 6.92 Å². The number of ether oxygens (including phenoxy) is 1. The number of nitrogens with zero attached hydrogens (tertiary/aromatic N) is 2. The van der Waals surface area contributed by atoms with Gasteiger partial charge in [0.1, 0.15) is 12.4 Å². The summed E-state index contributed by atoms with van der Waals surface area (Å²) in [5.41, 5.74) is 3.61. The number of amides is 1. The smallest absolute Gasteiger partial charge is 0.416 e. The summed E-state index contributed by atoms with van der Waals surface area (Å²) in [5.74, 6) is 0.624. The number of aryl methyl sites for hydroxylation is 1. The first-order valence-corrected chi connectivity index (χ1v) is 13.6. The quantitative estimate of drug-likeness (QED) is 0.198. The molecule has 0 spiro atoms. The highest BCUT2D eigenvalue weighted by atomic mass is 19.4. The number of alkyl halides is 3. The van der Waals surface area contributed by atoms with Crippen molar-refractivity contribution in [3.63, 3.8) is 0 Å². The average molecular weight is 569 g/mol. The molecule has 0 bridgehead atoms. The van der Waals surface area contributed by atoms with Crippen molar-refractivity contribution in [3.05, 3.63) is 113 Å². The Kier molecular flexibility index (Phi) is 7.24. The van der Waals surface area contributed by atoms with Gasteiger partial charge in [-0.3, -0.25) is 4.79 Å². The van der Waals surface area contributed by atoms with Gasteiger partial charge in [0, 0.05) is 40.5 Å². The van der Waals surface area contributed by atoms with Gasteiger partial charge in [-0.1, -0.05) is 42.5 Å². The highest BCUT2D eigenvalue weighted by Crippen LogP contribution is 2.37. The number of benzene rings is 4. The van der Waals surface area contributed by atoms with Crippen LogP contribution < -0.4 is 15.4 Å². The minimum absolute atomic E-state index is 0.0577. The van der Waals surface area contributed by atoms with Crippen LogP contribution in [-0.4, -0.2) is 21.9 Å². The van der Waals surface area contributed by atoms with Crippen molar-refractivity contribution in [1.82, 2.24) is 9.97 Å². The summed E-state index contributed by atoms with van der Waals surface area (Å²) >= 11 is 0. The molecule has 0 aliphatic heterocycles. The molecule has 0 unspecified atom stereocenters. The van der Waals surface area contributed by atoms with Crippen LogP contribution in [0.2, 0.25) is 0 Å². The molecular formula is C33H27F3N4O2. The molecule has 6 nitrogen and oxygen atoms in total. The van der Waals surface area contributed by atoms with Crippen molar-refractivity contribution in [2.75, 3.05) is 10.6 Å². The Labute approximate surface area is 240 Å². The minimum atomic E-state index is -4.51. The number of aromatic nitrogens is 2. The zero-order valence-corrected chi connectivity index (χ0v) is 22.7. The third-order valence-corrected chi connectivity index (χ3v) is 7.07. The zero-order chi connectivity index (χ0) is 29.3. The van der Waals surface area contributed by atoms with Gasteiger partial charge in [-0.25, -0.2) is 9.97 Å². The van der Waals surface area contributed by atoms with Crippen molar-refractivity contribution < 1.29 is 22.7 Å². The van der Waals surface area contributed by atoms with Crippen LogP contribution in [0.5, 0.6) is 5.75 Å². The van der Waals surface area contributed by atoms with Crippen molar-refractivity contribution in [1.29, 1.82) is 0 Å². The summed E-state index contributed by atoms with van der Waals surface area (Å²) < 4.78 is 45.9. The summed E-state index contributed by atoms with van der Waals surface area (Å²) in [6.07, 6.45) is -0.551. The maximum absolute atomic E-state index is 13.2. The highest BCUT2D eigenvalue weighted by Gasteiger charge is 2.30. The van der Waals surface area contributed by atoms with E-state index < -0.39 is 17.6 Å². The van der Waals surface area contributed by atoms with Gasteiger partial charge in [0.25, 0.3) is 5.91 Å². The Morgan fingerprint density at radius 3 is 2.52 bits per heavy atom. The van der Waals surface area contributed by atoms with Crippen LogP contribution in [0.15, 0.2) is 91.1 Å². The van der Waals surface area contributed by atoms with Gasteiger partial charge in [0.15, 0.2) is 0 Å². The highest BCUT2D eigenvalue weighted by molar-refractivity contribution is 6.05. The van der Waals surface area contributed by atoms with Crippen LogP contribution in [-0.2, 0) is 12.8 Å². The van der Waals surface area contributed by atoms with Crippen molar-refractivity contribution in [2.24, 2.45) is 0 Å². The molecular weight excluding hydrogens is 541 g/mol. The molecule has 0 saturated heterocycles. The number of hydrogen-bond acceptors (Lipinski definition) is 5. The van der Waals surface area contributed by atoms with E-state index in [0.717, 1.165) is 58.1 Å². The van der Waals surface area contributed by atoms with Gasteiger partial charge < -0.3 is 15.4 Å². The molecule has 4 aromatic carbocycles. The first-order chi connectivity index (χ1) is 20.2. The minimum Gasteiger partial charge on any atom is -0.488 e. The average Bonchev–Trinajstić information content (AvgIpc) is 3.80. The van der Waals surface area contributed by atoms with Gasteiger partial charge in [-0.15, -0.1) is 0 Å². The molecule has 1 aliphatic rings. The van der Waals surface area contributed by atoms with E-state index in [9.17, 15) is 18.0 Å². The van der Waals surface area contributed by atoms with Gasteiger partial charge in [-0.2, -0.15) is 13.2 Å². The molecule has 212 valence electrons. The van der Waals surface area contributed by atoms with Gasteiger partial charge in [-0.05, 0) is 72.9 Å². The van der Waals surface area contributed by atoms with Crippen LogP contribution in [0.25, 0.3) is 22.0 Å². The fraction of sp³-hybridized carbons (Fsp3) is 0.182. The van der Waals surface area contributed by atoms with E-state index in [-0.39, 0.29) is 5.69 Å². The van der Waals surface area contributed by atoms with Crippen LogP contribution >= 0.6 is 0 Å². The van der Waals surface area contributed by atoms with E-state index in [0.29, 0.717) is 29.9 Å². The molecule has 42 heavy (non-hydrogen) atoms. The standard InChI is InChI=1S/C33H27F3N4O2/c1-20-10-11-22(31(41)38-26-9-5-8-24(16-26)33(34,35)36)14-27(20)28-15-23-18-37-32(39-25-12-13-25)40-29(23)17-30(28)42-19-21-6-3-2-4-7-21/h2-11,14-18,25H,12-13,19H2,1H3,(H,38,41)(H,37,39,40). The van der Waals surface area contributed by atoms with E-state index in [4.69, 9.17) is 9.72 Å². The van der Waals surface area contributed by atoms with Crippen molar-refractivity contribution in [2.45, 2.75) is 38.6 Å². The van der Waals surface area contributed by atoms with E-state index in [1.807, 2.05) is 49.4 Å². The fourth-order valence-corrected chi connectivity index (χ4v) is 4.63. The van der Waals surface area contributed by atoms with E-state index in [1.54, 1.807) is 24.4 Å². The second-order valence-electron chi connectivity index (χ2n) is 10.4. The number of carbonyl (C=O) groups excluding carboxylic acids is 1. The Hall–Kier alpha value is -4.92. The summed E-state index contributed by atoms with van der Waals surface area (Å²) in [5, 5.41) is 6.71. The van der Waals surface area contributed by atoms with Crippen molar-refractivity contribution in [3.8, 4) is 16.9 Å². The number of anilines is 2. The van der Waals surface area contributed by atoms with Gasteiger partial charge >= 0.3 is 6.18 Å². The topological polar surface area (TPSA) is 76.1 Å². The van der Waals surface area contributed by atoms with Crippen LogP contribution in [0.3, 0.4) is 0 Å².